The Morgan fingerprint density at radius 1 is 1.17 bits per heavy atom. The highest BCUT2D eigenvalue weighted by atomic mass is 79.9. The smallest absolute Gasteiger partial charge is 0.236 e. The summed E-state index contributed by atoms with van der Waals surface area (Å²) in [4.78, 5) is 19.8. The van der Waals surface area contributed by atoms with Gasteiger partial charge in [-0.1, -0.05) is 40.2 Å². The average molecular weight is 369 g/mol. The highest BCUT2D eigenvalue weighted by Gasteiger charge is 2.36. The first-order chi connectivity index (χ1) is 11.2. The minimum absolute atomic E-state index is 0.0467. The van der Waals surface area contributed by atoms with Gasteiger partial charge in [-0.2, -0.15) is 0 Å². The molecular formula is C19H17BrN2O. The summed E-state index contributed by atoms with van der Waals surface area (Å²) in [5.74, 6) is 0.140. The molecule has 2 aromatic rings. The zero-order valence-corrected chi connectivity index (χ0v) is 14.3. The number of para-hydroxylation sites is 2. The Morgan fingerprint density at radius 3 is 2.91 bits per heavy atom. The van der Waals surface area contributed by atoms with Gasteiger partial charge < -0.3 is 4.90 Å². The molecule has 0 unspecified atom stereocenters. The molecule has 1 atom stereocenters. The number of hydrogen-bond donors (Lipinski definition) is 0. The summed E-state index contributed by atoms with van der Waals surface area (Å²) in [5, 5.41) is 0. The second-order valence-electron chi connectivity index (χ2n) is 6.09. The number of fused-ring (bicyclic) bond motifs is 2. The number of halogens is 1. The topological polar surface area (TPSA) is 32.7 Å². The molecule has 4 heteroatoms. The van der Waals surface area contributed by atoms with Gasteiger partial charge >= 0.3 is 0 Å². The minimum atomic E-state index is -0.0467. The van der Waals surface area contributed by atoms with E-state index in [4.69, 9.17) is 4.99 Å². The quantitative estimate of drug-likeness (QED) is 0.744. The van der Waals surface area contributed by atoms with Crippen molar-refractivity contribution in [2.75, 3.05) is 4.90 Å². The summed E-state index contributed by atoms with van der Waals surface area (Å²) in [6, 6.07) is 16.1. The van der Waals surface area contributed by atoms with Gasteiger partial charge in [0, 0.05) is 10.2 Å². The van der Waals surface area contributed by atoms with E-state index >= 15 is 0 Å². The van der Waals surface area contributed by atoms with Gasteiger partial charge in [-0.05, 0) is 49.1 Å². The summed E-state index contributed by atoms with van der Waals surface area (Å²) in [7, 11) is 0. The van der Waals surface area contributed by atoms with E-state index in [1.807, 2.05) is 41.3 Å². The highest BCUT2D eigenvalue weighted by Crippen LogP contribution is 2.38. The second kappa shape index (κ2) is 5.93. The van der Waals surface area contributed by atoms with Crippen molar-refractivity contribution in [3.8, 4) is 0 Å². The number of hydrogen-bond acceptors (Lipinski definition) is 2. The van der Waals surface area contributed by atoms with E-state index in [9.17, 15) is 4.79 Å². The van der Waals surface area contributed by atoms with Crippen LogP contribution in [0.2, 0.25) is 0 Å². The van der Waals surface area contributed by atoms with E-state index in [2.05, 4.69) is 28.1 Å². The van der Waals surface area contributed by atoms with E-state index in [-0.39, 0.29) is 11.8 Å². The molecule has 0 radical (unpaired) electrons. The maximum atomic E-state index is 13.1. The zero-order valence-electron chi connectivity index (χ0n) is 12.7. The lowest BCUT2D eigenvalue weighted by Gasteiger charge is -2.25. The normalized spacial score (nSPS) is 19.9. The van der Waals surface area contributed by atoms with Crippen LogP contribution in [0.3, 0.4) is 0 Å². The maximum absolute atomic E-state index is 13.1. The molecule has 0 aromatic heterocycles. The van der Waals surface area contributed by atoms with E-state index in [1.165, 1.54) is 0 Å². The molecule has 1 fully saturated rings. The monoisotopic (exact) mass is 368 g/mol. The summed E-state index contributed by atoms with van der Waals surface area (Å²) < 4.78 is 1.03. The number of amides is 1. The molecule has 1 aliphatic heterocycles. The third kappa shape index (κ3) is 2.72. The Morgan fingerprint density at radius 2 is 2.04 bits per heavy atom. The number of carbonyl (C=O) groups excluding carboxylic acids is 1. The average Bonchev–Trinajstić information content (AvgIpc) is 2.97. The van der Waals surface area contributed by atoms with Crippen molar-refractivity contribution in [1.29, 1.82) is 0 Å². The SMILES string of the molecule is O=C1[C@@H]2CCCC2=Nc2ccccc2N1Cc1cccc(Br)c1. The van der Waals surface area contributed by atoms with Crippen molar-refractivity contribution in [2.24, 2.45) is 10.9 Å². The molecule has 0 saturated heterocycles. The second-order valence-corrected chi connectivity index (χ2v) is 7.01. The third-order valence-electron chi connectivity index (χ3n) is 4.56. The van der Waals surface area contributed by atoms with Crippen LogP contribution in [0.1, 0.15) is 24.8 Å². The molecule has 0 spiro atoms. The van der Waals surface area contributed by atoms with E-state index in [0.717, 1.165) is 46.4 Å². The third-order valence-corrected chi connectivity index (χ3v) is 5.05. The van der Waals surface area contributed by atoms with Gasteiger partial charge in [0.05, 0.1) is 23.8 Å². The molecule has 0 bridgehead atoms. The van der Waals surface area contributed by atoms with Crippen molar-refractivity contribution >= 4 is 38.9 Å². The Kier molecular flexibility index (Phi) is 3.77. The fourth-order valence-corrected chi connectivity index (χ4v) is 3.90. The standard InChI is InChI=1S/C19H17BrN2O/c20-14-6-3-5-13(11-14)12-22-18-10-2-1-8-17(18)21-16-9-4-7-15(16)19(22)23/h1-3,5-6,8,10-11,15H,4,7,9,12H2/t15-/m1/s1. The van der Waals surface area contributed by atoms with Gasteiger partial charge in [0.15, 0.2) is 0 Å². The molecule has 1 saturated carbocycles. The van der Waals surface area contributed by atoms with E-state index in [0.29, 0.717) is 6.54 Å². The fourth-order valence-electron chi connectivity index (χ4n) is 3.46. The summed E-state index contributed by atoms with van der Waals surface area (Å²) in [6.45, 7) is 0.578. The van der Waals surface area contributed by atoms with Gasteiger partial charge in [-0.25, -0.2) is 0 Å². The van der Waals surface area contributed by atoms with Gasteiger partial charge in [0.1, 0.15) is 0 Å². The Labute approximate surface area is 144 Å². The molecule has 2 aromatic carbocycles. The molecule has 2 aliphatic rings. The van der Waals surface area contributed by atoms with Gasteiger partial charge in [0.2, 0.25) is 5.91 Å². The van der Waals surface area contributed by atoms with Crippen LogP contribution in [0, 0.1) is 5.92 Å². The van der Waals surface area contributed by atoms with Crippen LogP contribution in [0.15, 0.2) is 58.0 Å². The highest BCUT2D eigenvalue weighted by molar-refractivity contribution is 9.10. The largest absolute Gasteiger partial charge is 0.305 e. The lowest BCUT2D eigenvalue weighted by Crippen LogP contribution is -2.36. The number of rotatable bonds is 2. The Bertz CT molecular complexity index is 799. The molecule has 23 heavy (non-hydrogen) atoms. The predicted molar refractivity (Wildman–Crippen MR) is 96.2 cm³/mol. The first kappa shape index (κ1) is 14.6. The van der Waals surface area contributed by atoms with Gasteiger partial charge in [-0.15, -0.1) is 0 Å². The lowest BCUT2D eigenvalue weighted by atomic mass is 10.0. The van der Waals surface area contributed by atoms with Gasteiger partial charge in [-0.3, -0.25) is 9.79 Å². The number of carbonyl (C=O) groups is 1. The summed E-state index contributed by atoms with van der Waals surface area (Å²) in [5.41, 5.74) is 4.00. The van der Waals surface area contributed by atoms with Crippen molar-refractivity contribution in [2.45, 2.75) is 25.8 Å². The van der Waals surface area contributed by atoms with Crippen LogP contribution >= 0.6 is 15.9 Å². The van der Waals surface area contributed by atoms with E-state index < -0.39 is 0 Å². The molecule has 116 valence electrons. The van der Waals surface area contributed by atoms with Crippen molar-refractivity contribution in [3.63, 3.8) is 0 Å². The lowest BCUT2D eigenvalue weighted by molar-refractivity contribution is -0.120. The van der Waals surface area contributed by atoms with Crippen LogP contribution in [0.5, 0.6) is 0 Å². The van der Waals surface area contributed by atoms with Crippen molar-refractivity contribution in [1.82, 2.24) is 0 Å². The van der Waals surface area contributed by atoms with Crippen LogP contribution in [0.25, 0.3) is 0 Å². The first-order valence-corrected chi connectivity index (χ1v) is 8.74. The van der Waals surface area contributed by atoms with Crippen LogP contribution in [0.4, 0.5) is 11.4 Å². The number of nitrogens with zero attached hydrogens (tertiary/aromatic N) is 2. The van der Waals surface area contributed by atoms with Crippen LogP contribution < -0.4 is 4.90 Å². The minimum Gasteiger partial charge on any atom is -0.305 e. The number of anilines is 1. The van der Waals surface area contributed by atoms with Crippen molar-refractivity contribution in [3.05, 3.63) is 58.6 Å². The first-order valence-electron chi connectivity index (χ1n) is 7.95. The molecule has 1 aliphatic carbocycles. The number of aliphatic imine (C=N–C) groups is 1. The Hall–Kier alpha value is -1.94. The van der Waals surface area contributed by atoms with Crippen LogP contribution in [-0.2, 0) is 11.3 Å². The molecule has 4 rings (SSSR count). The zero-order chi connectivity index (χ0) is 15.8. The maximum Gasteiger partial charge on any atom is 0.236 e. The summed E-state index contributed by atoms with van der Waals surface area (Å²) >= 11 is 3.51. The molecular weight excluding hydrogens is 352 g/mol. The predicted octanol–water partition coefficient (Wildman–Crippen LogP) is 4.87. The molecule has 0 N–H and O–H groups in total. The fraction of sp³-hybridized carbons (Fsp3) is 0.263. The Balaban J connectivity index is 1.77. The van der Waals surface area contributed by atoms with E-state index in [1.54, 1.807) is 0 Å². The van der Waals surface area contributed by atoms with Crippen molar-refractivity contribution < 1.29 is 4.79 Å². The van der Waals surface area contributed by atoms with Gasteiger partial charge in [0.25, 0.3) is 0 Å². The molecule has 1 amide bonds. The molecule has 1 heterocycles. The molecule has 3 nitrogen and oxygen atoms in total. The van der Waals surface area contributed by atoms with Crippen LogP contribution in [-0.4, -0.2) is 11.6 Å². The summed E-state index contributed by atoms with van der Waals surface area (Å²) in [6.07, 6.45) is 2.91. The number of benzene rings is 2.